The van der Waals surface area contributed by atoms with Gasteiger partial charge in [0.2, 0.25) is 5.91 Å². The smallest absolute Gasteiger partial charge is 0.224 e. The van der Waals surface area contributed by atoms with Crippen LogP contribution in [0.25, 0.3) is 0 Å². The van der Waals surface area contributed by atoms with Crippen LogP contribution in [0.3, 0.4) is 0 Å². The minimum atomic E-state index is -0.102. The number of rotatable bonds is 3. The molecule has 2 N–H and O–H groups in total. The van der Waals surface area contributed by atoms with E-state index in [1.807, 2.05) is 18.9 Å². The summed E-state index contributed by atoms with van der Waals surface area (Å²) in [6.07, 6.45) is 1.46. The number of ether oxygens (including phenoxy) is 1. The molecule has 0 aromatic heterocycles. The fourth-order valence-corrected chi connectivity index (χ4v) is 2.05. The van der Waals surface area contributed by atoms with Gasteiger partial charge in [-0.2, -0.15) is 0 Å². The van der Waals surface area contributed by atoms with E-state index in [0.29, 0.717) is 6.42 Å². The number of nitrogens with zero attached hydrogens (tertiary/aromatic N) is 1. The van der Waals surface area contributed by atoms with Gasteiger partial charge >= 0.3 is 0 Å². The van der Waals surface area contributed by atoms with E-state index in [1.54, 1.807) is 0 Å². The molecule has 1 aliphatic rings. The Kier molecular flexibility index (Phi) is 4.55. The van der Waals surface area contributed by atoms with Crippen LogP contribution in [-0.2, 0) is 9.53 Å². The van der Waals surface area contributed by atoms with E-state index in [0.717, 1.165) is 13.0 Å². The maximum Gasteiger partial charge on any atom is 0.224 e. The lowest BCUT2D eigenvalue weighted by Gasteiger charge is -2.31. The highest BCUT2D eigenvalue weighted by molar-refractivity contribution is 5.77. The molecule has 4 heteroatoms. The van der Waals surface area contributed by atoms with Crippen LogP contribution in [0.4, 0.5) is 0 Å². The van der Waals surface area contributed by atoms with Crippen molar-refractivity contribution in [3.8, 4) is 0 Å². The Bertz CT molecular complexity index is 273. The van der Waals surface area contributed by atoms with Crippen molar-refractivity contribution in [1.82, 2.24) is 4.90 Å². The summed E-state index contributed by atoms with van der Waals surface area (Å²) in [7, 11) is 1.85. The van der Waals surface area contributed by atoms with Crippen LogP contribution in [-0.4, -0.2) is 42.6 Å². The second-order valence-corrected chi connectivity index (χ2v) is 6.11. The summed E-state index contributed by atoms with van der Waals surface area (Å²) >= 11 is 0. The summed E-state index contributed by atoms with van der Waals surface area (Å²) in [6.45, 7) is 8.95. The van der Waals surface area contributed by atoms with Crippen LogP contribution in [0.15, 0.2) is 0 Å². The van der Waals surface area contributed by atoms with Gasteiger partial charge < -0.3 is 15.4 Å². The average molecular weight is 242 g/mol. The number of nitrogens with two attached hydrogens (primary N) is 1. The van der Waals surface area contributed by atoms with Crippen molar-refractivity contribution in [2.45, 2.75) is 58.7 Å². The van der Waals surface area contributed by atoms with E-state index in [1.165, 1.54) is 0 Å². The molecule has 1 amide bonds. The number of carbonyl (C=O) groups excluding carboxylic acids is 1. The molecule has 0 bridgehead atoms. The minimum absolute atomic E-state index is 0.0334. The van der Waals surface area contributed by atoms with Gasteiger partial charge in [-0.1, -0.05) is 20.8 Å². The van der Waals surface area contributed by atoms with E-state index < -0.39 is 0 Å². The van der Waals surface area contributed by atoms with Crippen molar-refractivity contribution in [3.05, 3.63) is 0 Å². The molecule has 1 aliphatic heterocycles. The van der Waals surface area contributed by atoms with Crippen molar-refractivity contribution in [2.24, 2.45) is 11.1 Å². The van der Waals surface area contributed by atoms with E-state index in [4.69, 9.17) is 10.5 Å². The van der Waals surface area contributed by atoms with E-state index in [-0.39, 0.29) is 29.5 Å². The van der Waals surface area contributed by atoms with Crippen LogP contribution in [0.5, 0.6) is 0 Å². The van der Waals surface area contributed by atoms with E-state index in [9.17, 15) is 4.79 Å². The lowest BCUT2D eigenvalue weighted by molar-refractivity contribution is -0.133. The minimum Gasteiger partial charge on any atom is -0.376 e. The first kappa shape index (κ1) is 14.5. The predicted octanol–water partition coefficient (Wildman–Crippen LogP) is 1.39. The van der Waals surface area contributed by atoms with Gasteiger partial charge in [0.1, 0.15) is 0 Å². The number of amides is 1. The molecule has 0 saturated carbocycles. The molecule has 1 rings (SSSR count). The largest absolute Gasteiger partial charge is 0.376 e. The van der Waals surface area contributed by atoms with E-state index in [2.05, 4.69) is 20.8 Å². The third kappa shape index (κ3) is 3.68. The molecular weight excluding hydrogens is 216 g/mol. The Labute approximate surface area is 104 Å². The number of carbonyl (C=O) groups is 1. The maximum atomic E-state index is 12.1. The SMILES string of the molecule is CC1OCCC1N(C)C(=O)CC(N)C(C)(C)C. The Morgan fingerprint density at radius 1 is 1.53 bits per heavy atom. The third-order valence-electron chi connectivity index (χ3n) is 3.73. The van der Waals surface area contributed by atoms with Gasteiger partial charge in [-0.15, -0.1) is 0 Å². The van der Waals surface area contributed by atoms with Gasteiger partial charge in [0, 0.05) is 26.1 Å². The summed E-state index contributed by atoms with van der Waals surface area (Å²) in [4.78, 5) is 13.9. The maximum absolute atomic E-state index is 12.1. The molecule has 3 unspecified atom stereocenters. The zero-order valence-corrected chi connectivity index (χ0v) is 11.7. The molecule has 1 heterocycles. The molecule has 0 spiro atoms. The topological polar surface area (TPSA) is 55.6 Å². The summed E-state index contributed by atoms with van der Waals surface area (Å²) in [5.41, 5.74) is 6.01. The molecule has 0 aromatic carbocycles. The Morgan fingerprint density at radius 2 is 2.12 bits per heavy atom. The molecule has 1 fully saturated rings. The second-order valence-electron chi connectivity index (χ2n) is 6.11. The second kappa shape index (κ2) is 5.36. The van der Waals surface area contributed by atoms with Crippen molar-refractivity contribution in [3.63, 3.8) is 0 Å². The summed E-state index contributed by atoms with van der Waals surface area (Å²) in [6, 6.07) is 0.102. The van der Waals surface area contributed by atoms with Crippen LogP contribution in [0.2, 0.25) is 0 Å². The van der Waals surface area contributed by atoms with Gasteiger partial charge in [-0.25, -0.2) is 0 Å². The molecular formula is C13H26N2O2. The van der Waals surface area contributed by atoms with Crippen molar-refractivity contribution >= 4 is 5.91 Å². The Morgan fingerprint density at radius 3 is 2.53 bits per heavy atom. The Hall–Kier alpha value is -0.610. The zero-order chi connectivity index (χ0) is 13.2. The van der Waals surface area contributed by atoms with Crippen LogP contribution < -0.4 is 5.73 Å². The molecule has 100 valence electrons. The van der Waals surface area contributed by atoms with Crippen molar-refractivity contribution < 1.29 is 9.53 Å². The molecule has 0 radical (unpaired) electrons. The Balaban J connectivity index is 2.53. The molecule has 3 atom stereocenters. The van der Waals surface area contributed by atoms with Crippen LogP contribution in [0.1, 0.15) is 40.5 Å². The number of hydrogen-bond donors (Lipinski definition) is 1. The van der Waals surface area contributed by atoms with E-state index >= 15 is 0 Å². The highest BCUT2D eigenvalue weighted by atomic mass is 16.5. The number of likely N-dealkylation sites (N-methyl/N-ethyl adjacent to an activating group) is 1. The first-order valence-electron chi connectivity index (χ1n) is 6.36. The van der Waals surface area contributed by atoms with Gasteiger partial charge in [-0.05, 0) is 18.8 Å². The fraction of sp³-hybridized carbons (Fsp3) is 0.923. The first-order chi connectivity index (χ1) is 7.73. The van der Waals surface area contributed by atoms with Crippen molar-refractivity contribution in [2.75, 3.05) is 13.7 Å². The predicted molar refractivity (Wildman–Crippen MR) is 68.6 cm³/mol. The standard InChI is InChI=1S/C13H26N2O2/c1-9-10(6-7-17-9)15(5)12(16)8-11(14)13(2,3)4/h9-11H,6-8,14H2,1-5H3. The van der Waals surface area contributed by atoms with Crippen molar-refractivity contribution in [1.29, 1.82) is 0 Å². The molecule has 17 heavy (non-hydrogen) atoms. The van der Waals surface area contributed by atoms with Crippen LogP contribution in [0, 0.1) is 5.41 Å². The lowest BCUT2D eigenvalue weighted by Crippen LogP contribution is -2.45. The molecule has 0 aromatic rings. The molecule has 0 aliphatic carbocycles. The van der Waals surface area contributed by atoms with Gasteiger partial charge in [-0.3, -0.25) is 4.79 Å². The molecule has 4 nitrogen and oxygen atoms in total. The number of hydrogen-bond acceptors (Lipinski definition) is 3. The quantitative estimate of drug-likeness (QED) is 0.813. The monoisotopic (exact) mass is 242 g/mol. The fourth-order valence-electron chi connectivity index (χ4n) is 2.05. The summed E-state index contributed by atoms with van der Waals surface area (Å²) in [5.74, 6) is 0.120. The van der Waals surface area contributed by atoms with Gasteiger partial charge in [0.05, 0.1) is 12.1 Å². The highest BCUT2D eigenvalue weighted by Crippen LogP contribution is 2.23. The normalized spacial score (nSPS) is 26.9. The average Bonchev–Trinajstić information content (AvgIpc) is 2.61. The van der Waals surface area contributed by atoms with Crippen LogP contribution >= 0.6 is 0 Å². The summed E-state index contributed by atoms with van der Waals surface area (Å²) in [5, 5.41) is 0. The zero-order valence-electron chi connectivity index (χ0n) is 11.7. The highest BCUT2D eigenvalue weighted by Gasteiger charge is 2.32. The van der Waals surface area contributed by atoms with Gasteiger partial charge in [0.15, 0.2) is 0 Å². The first-order valence-corrected chi connectivity index (χ1v) is 6.36. The third-order valence-corrected chi connectivity index (χ3v) is 3.73. The summed E-state index contributed by atoms with van der Waals surface area (Å²) < 4.78 is 5.48. The molecule has 1 saturated heterocycles. The lowest BCUT2D eigenvalue weighted by atomic mass is 9.85. The van der Waals surface area contributed by atoms with Gasteiger partial charge in [0.25, 0.3) is 0 Å².